The molecular weight excluding hydrogens is 382 g/mol. The summed E-state index contributed by atoms with van der Waals surface area (Å²) >= 11 is 3.33. The van der Waals surface area contributed by atoms with Gasteiger partial charge in [-0.05, 0) is 53.2 Å². The third-order valence-corrected chi connectivity index (χ3v) is 5.83. The number of nitrogens with one attached hydrogen (secondary N) is 1. The van der Waals surface area contributed by atoms with Crippen molar-refractivity contribution in [2.45, 2.75) is 51.4 Å². The van der Waals surface area contributed by atoms with E-state index in [1.54, 1.807) is 12.3 Å². The fourth-order valence-corrected chi connectivity index (χ4v) is 4.12. The second-order valence-corrected chi connectivity index (χ2v) is 8.13. The molecule has 0 spiro atoms. The number of hydrogen-bond acceptors (Lipinski definition) is 3. The number of carbonyl (C=O) groups excluding carboxylic acids is 2. The first-order chi connectivity index (χ1) is 12.1. The van der Waals surface area contributed by atoms with Crippen LogP contribution in [0.5, 0.6) is 0 Å². The van der Waals surface area contributed by atoms with Crippen molar-refractivity contribution in [2.75, 3.05) is 18.4 Å². The molecule has 2 fully saturated rings. The maximum absolute atomic E-state index is 12.5. The third kappa shape index (κ3) is 5.27. The first-order valence-electron chi connectivity index (χ1n) is 9.32. The summed E-state index contributed by atoms with van der Waals surface area (Å²) in [6, 6.07) is 3.62. The first-order valence-corrected chi connectivity index (χ1v) is 10.1. The van der Waals surface area contributed by atoms with Crippen LogP contribution in [0.3, 0.4) is 0 Å². The lowest BCUT2D eigenvalue weighted by Gasteiger charge is -2.32. The molecule has 6 heteroatoms. The van der Waals surface area contributed by atoms with Crippen LogP contribution in [0.2, 0.25) is 0 Å². The lowest BCUT2D eigenvalue weighted by molar-refractivity contribution is -0.134. The Bertz CT molecular complexity index is 599. The molecule has 1 atom stereocenters. The van der Waals surface area contributed by atoms with Crippen LogP contribution >= 0.6 is 15.9 Å². The zero-order valence-corrected chi connectivity index (χ0v) is 16.1. The molecule has 2 aliphatic rings. The Labute approximate surface area is 157 Å². The van der Waals surface area contributed by atoms with Crippen molar-refractivity contribution in [2.24, 2.45) is 11.8 Å². The van der Waals surface area contributed by atoms with E-state index in [1.165, 1.54) is 25.7 Å². The highest BCUT2D eigenvalue weighted by molar-refractivity contribution is 9.10. The van der Waals surface area contributed by atoms with Crippen LogP contribution in [0.15, 0.2) is 22.8 Å². The number of nitrogens with zero attached hydrogens (tertiary/aromatic N) is 2. The van der Waals surface area contributed by atoms with E-state index >= 15 is 0 Å². The monoisotopic (exact) mass is 407 g/mol. The number of halogens is 1. The van der Waals surface area contributed by atoms with E-state index in [0.717, 1.165) is 36.2 Å². The highest BCUT2D eigenvalue weighted by Crippen LogP contribution is 2.29. The Morgan fingerprint density at radius 1 is 1.20 bits per heavy atom. The van der Waals surface area contributed by atoms with Gasteiger partial charge in [0.2, 0.25) is 11.8 Å². The van der Waals surface area contributed by atoms with Gasteiger partial charge in [-0.2, -0.15) is 0 Å². The topological polar surface area (TPSA) is 62.3 Å². The second kappa shape index (κ2) is 8.79. The van der Waals surface area contributed by atoms with E-state index in [4.69, 9.17) is 0 Å². The summed E-state index contributed by atoms with van der Waals surface area (Å²) in [6.07, 6.45) is 10.2. The van der Waals surface area contributed by atoms with Gasteiger partial charge in [0.15, 0.2) is 0 Å². The number of aromatic nitrogens is 1. The smallest absolute Gasteiger partial charge is 0.230 e. The molecule has 2 heterocycles. The highest BCUT2D eigenvalue weighted by Gasteiger charge is 2.29. The second-order valence-electron chi connectivity index (χ2n) is 7.22. The lowest BCUT2D eigenvalue weighted by atomic mass is 9.96. The van der Waals surface area contributed by atoms with Gasteiger partial charge in [0.05, 0.1) is 5.92 Å². The molecule has 0 unspecified atom stereocenters. The predicted molar refractivity (Wildman–Crippen MR) is 101 cm³/mol. The summed E-state index contributed by atoms with van der Waals surface area (Å²) in [5.74, 6) is 1.32. The molecule has 0 radical (unpaired) electrons. The molecule has 1 saturated carbocycles. The average molecular weight is 408 g/mol. The molecule has 0 bridgehead atoms. The van der Waals surface area contributed by atoms with Gasteiger partial charge in [0, 0.05) is 30.2 Å². The summed E-state index contributed by atoms with van der Waals surface area (Å²) in [5, 5.41) is 2.87. The van der Waals surface area contributed by atoms with Crippen molar-refractivity contribution in [3.05, 3.63) is 22.8 Å². The molecule has 1 aromatic heterocycles. The minimum Gasteiger partial charge on any atom is -0.342 e. The Morgan fingerprint density at radius 3 is 2.72 bits per heavy atom. The summed E-state index contributed by atoms with van der Waals surface area (Å²) in [7, 11) is 0. The van der Waals surface area contributed by atoms with E-state index < -0.39 is 0 Å². The van der Waals surface area contributed by atoms with E-state index in [9.17, 15) is 9.59 Å². The minimum atomic E-state index is -0.144. The van der Waals surface area contributed by atoms with Crippen molar-refractivity contribution in [3.8, 4) is 0 Å². The van der Waals surface area contributed by atoms with Crippen molar-refractivity contribution < 1.29 is 9.59 Å². The van der Waals surface area contributed by atoms with Crippen LogP contribution in [0.4, 0.5) is 5.82 Å². The number of pyridine rings is 1. The summed E-state index contributed by atoms with van der Waals surface area (Å²) in [6.45, 7) is 1.32. The first kappa shape index (κ1) is 18.4. The Kier molecular flexibility index (Phi) is 6.45. The Hall–Kier alpha value is -1.43. The van der Waals surface area contributed by atoms with Crippen LogP contribution in [-0.4, -0.2) is 34.8 Å². The molecule has 0 aromatic carbocycles. The van der Waals surface area contributed by atoms with Crippen LogP contribution in [-0.2, 0) is 9.59 Å². The molecule has 1 aliphatic carbocycles. The average Bonchev–Trinajstić information content (AvgIpc) is 3.15. The van der Waals surface area contributed by atoms with Crippen molar-refractivity contribution in [1.29, 1.82) is 0 Å². The normalized spacial score (nSPS) is 21.3. The number of carbonyl (C=O) groups is 2. The molecule has 2 amide bonds. The van der Waals surface area contributed by atoms with E-state index in [-0.39, 0.29) is 17.7 Å². The Balaban J connectivity index is 1.48. The van der Waals surface area contributed by atoms with E-state index in [2.05, 4.69) is 26.2 Å². The lowest BCUT2D eigenvalue weighted by Crippen LogP contribution is -2.43. The third-order valence-electron chi connectivity index (χ3n) is 5.36. The quantitative estimate of drug-likeness (QED) is 0.802. The summed E-state index contributed by atoms with van der Waals surface area (Å²) in [5.41, 5.74) is 0. The minimum absolute atomic E-state index is 0.0388. The number of anilines is 1. The van der Waals surface area contributed by atoms with Crippen molar-refractivity contribution >= 4 is 33.6 Å². The number of piperidine rings is 1. The molecule has 25 heavy (non-hydrogen) atoms. The van der Waals surface area contributed by atoms with Gasteiger partial charge in [0.25, 0.3) is 0 Å². The van der Waals surface area contributed by atoms with Crippen LogP contribution in [0.1, 0.15) is 51.4 Å². The van der Waals surface area contributed by atoms with E-state index in [1.807, 2.05) is 11.0 Å². The SMILES string of the molecule is O=C(Nc1ccc(Br)cn1)[C@H]1CCCN(C(=O)CCC2CCCC2)C1. The summed E-state index contributed by atoms with van der Waals surface area (Å²) in [4.78, 5) is 31.1. The largest absolute Gasteiger partial charge is 0.342 e. The van der Waals surface area contributed by atoms with E-state index in [0.29, 0.717) is 18.8 Å². The van der Waals surface area contributed by atoms with Gasteiger partial charge in [-0.3, -0.25) is 9.59 Å². The number of hydrogen-bond donors (Lipinski definition) is 1. The van der Waals surface area contributed by atoms with Crippen molar-refractivity contribution in [1.82, 2.24) is 9.88 Å². The zero-order chi connectivity index (χ0) is 17.6. The highest BCUT2D eigenvalue weighted by atomic mass is 79.9. The molecule has 1 N–H and O–H groups in total. The Morgan fingerprint density at radius 2 is 2.00 bits per heavy atom. The van der Waals surface area contributed by atoms with Crippen molar-refractivity contribution in [3.63, 3.8) is 0 Å². The van der Waals surface area contributed by atoms with Crippen LogP contribution < -0.4 is 5.32 Å². The van der Waals surface area contributed by atoms with Crippen LogP contribution in [0, 0.1) is 11.8 Å². The van der Waals surface area contributed by atoms with Gasteiger partial charge in [-0.25, -0.2) is 4.98 Å². The standard InChI is InChI=1S/C19H26BrN3O2/c20-16-8-9-17(21-12-16)22-19(25)15-6-3-11-23(13-15)18(24)10-7-14-4-1-2-5-14/h8-9,12,14-15H,1-7,10-11,13H2,(H,21,22,25)/t15-/m0/s1. The number of rotatable bonds is 5. The fourth-order valence-electron chi connectivity index (χ4n) is 3.88. The van der Waals surface area contributed by atoms with Crippen LogP contribution in [0.25, 0.3) is 0 Å². The summed E-state index contributed by atoms with van der Waals surface area (Å²) < 4.78 is 0.877. The fraction of sp³-hybridized carbons (Fsp3) is 0.632. The van der Waals surface area contributed by atoms with Gasteiger partial charge in [-0.15, -0.1) is 0 Å². The van der Waals surface area contributed by atoms with Gasteiger partial charge in [-0.1, -0.05) is 25.7 Å². The maximum atomic E-state index is 12.5. The number of likely N-dealkylation sites (tertiary alicyclic amines) is 1. The number of amides is 2. The van der Waals surface area contributed by atoms with Gasteiger partial charge < -0.3 is 10.2 Å². The molecule has 136 valence electrons. The van der Waals surface area contributed by atoms with Gasteiger partial charge >= 0.3 is 0 Å². The molecule has 1 aliphatic heterocycles. The maximum Gasteiger partial charge on any atom is 0.230 e. The van der Waals surface area contributed by atoms with Gasteiger partial charge in [0.1, 0.15) is 5.82 Å². The molecular formula is C19H26BrN3O2. The predicted octanol–water partition coefficient (Wildman–Crippen LogP) is 3.99. The molecule has 1 saturated heterocycles. The molecule has 5 nitrogen and oxygen atoms in total. The zero-order valence-electron chi connectivity index (χ0n) is 14.5. The molecule has 3 rings (SSSR count). The molecule has 1 aromatic rings.